The number of aryl methyl sites for hydroxylation is 1. The summed E-state index contributed by atoms with van der Waals surface area (Å²) in [6.07, 6.45) is 2.55. The summed E-state index contributed by atoms with van der Waals surface area (Å²) in [5, 5.41) is 0. The quantitative estimate of drug-likeness (QED) is 0.708. The van der Waals surface area contributed by atoms with Crippen LogP contribution in [0.15, 0.2) is 48.5 Å². The van der Waals surface area contributed by atoms with Crippen molar-refractivity contribution < 1.29 is 9.53 Å². The fourth-order valence-corrected chi connectivity index (χ4v) is 4.84. The molecule has 0 amide bonds. The molecule has 0 radical (unpaired) electrons. The van der Waals surface area contributed by atoms with Gasteiger partial charge in [-0.25, -0.2) is 4.79 Å². The lowest BCUT2D eigenvalue weighted by Gasteiger charge is -2.44. The van der Waals surface area contributed by atoms with Crippen molar-refractivity contribution in [1.82, 2.24) is 9.80 Å². The summed E-state index contributed by atoms with van der Waals surface area (Å²) in [5.74, 6) is -0.274. The Labute approximate surface area is 180 Å². The molecule has 0 saturated carbocycles. The van der Waals surface area contributed by atoms with E-state index in [1.165, 1.54) is 36.8 Å². The topological polar surface area (TPSA) is 36.0 Å². The second-order valence-corrected chi connectivity index (χ2v) is 8.53. The Morgan fingerprint density at radius 2 is 1.73 bits per heavy atom. The average molecular weight is 408 g/mol. The van der Waals surface area contributed by atoms with Gasteiger partial charge in [-0.3, -0.25) is 9.80 Å². The fraction of sp³-hybridized carbons (Fsp3) is 0.480. The van der Waals surface area contributed by atoms with Crippen LogP contribution in [0, 0.1) is 6.92 Å². The molecule has 160 valence electrons. The molecule has 2 fully saturated rings. The number of benzene rings is 2. The van der Waals surface area contributed by atoms with E-state index in [1.807, 2.05) is 12.1 Å². The van der Waals surface area contributed by atoms with Crippen molar-refractivity contribution in [1.29, 1.82) is 0 Å². The van der Waals surface area contributed by atoms with Gasteiger partial charge in [0.2, 0.25) is 0 Å². The van der Waals surface area contributed by atoms with Gasteiger partial charge in [0.1, 0.15) is 0 Å². The van der Waals surface area contributed by atoms with Gasteiger partial charge in [-0.2, -0.15) is 0 Å². The molecule has 2 aliphatic heterocycles. The van der Waals surface area contributed by atoms with Crippen molar-refractivity contribution in [2.24, 2.45) is 0 Å². The normalized spacial score (nSPS) is 20.9. The molecule has 0 aliphatic carbocycles. The monoisotopic (exact) mass is 407 g/mol. The van der Waals surface area contributed by atoms with Crippen LogP contribution in [-0.4, -0.2) is 68.2 Å². The van der Waals surface area contributed by atoms with Crippen molar-refractivity contribution in [3.63, 3.8) is 0 Å². The van der Waals surface area contributed by atoms with Crippen molar-refractivity contribution >= 4 is 11.7 Å². The number of esters is 1. The SMILES string of the molecule is COC(=O)c1ccc(CN2CCC[C@H](N3CCN(c4ccccc4C)CC3)C2)cc1. The summed E-state index contributed by atoms with van der Waals surface area (Å²) in [6, 6.07) is 17.2. The van der Waals surface area contributed by atoms with Gasteiger partial charge in [0, 0.05) is 51.0 Å². The number of ether oxygens (including phenoxy) is 1. The minimum absolute atomic E-state index is 0.274. The van der Waals surface area contributed by atoms with Crippen molar-refractivity contribution in [2.75, 3.05) is 51.3 Å². The van der Waals surface area contributed by atoms with Crippen LogP contribution in [0.25, 0.3) is 0 Å². The lowest BCUT2D eigenvalue weighted by atomic mass is 10.0. The molecule has 0 unspecified atom stereocenters. The van der Waals surface area contributed by atoms with Crippen LogP contribution in [0.2, 0.25) is 0 Å². The highest BCUT2D eigenvalue weighted by Gasteiger charge is 2.28. The fourth-order valence-electron chi connectivity index (χ4n) is 4.84. The second kappa shape index (κ2) is 9.63. The molecule has 5 heteroatoms. The number of para-hydroxylation sites is 1. The zero-order valence-corrected chi connectivity index (χ0v) is 18.2. The van der Waals surface area contributed by atoms with Crippen LogP contribution < -0.4 is 4.90 Å². The number of anilines is 1. The number of hydrogen-bond donors (Lipinski definition) is 0. The molecule has 0 N–H and O–H groups in total. The molecule has 0 spiro atoms. The van der Waals surface area contributed by atoms with Crippen LogP contribution in [0.3, 0.4) is 0 Å². The highest BCUT2D eigenvalue weighted by molar-refractivity contribution is 5.89. The smallest absolute Gasteiger partial charge is 0.337 e. The standard InChI is InChI=1S/C25H33N3O2/c1-20-6-3-4-8-24(20)28-16-14-27(15-17-28)23-7-5-13-26(19-23)18-21-9-11-22(12-10-21)25(29)30-2/h3-4,6,8-12,23H,5,7,13-19H2,1-2H3/t23-/m0/s1. The van der Waals surface area contributed by atoms with Crippen molar-refractivity contribution in [2.45, 2.75) is 32.4 Å². The number of carbonyl (C=O) groups excluding carboxylic acids is 1. The van der Waals surface area contributed by atoms with E-state index in [0.717, 1.165) is 45.8 Å². The summed E-state index contributed by atoms with van der Waals surface area (Å²) in [5.41, 5.74) is 4.63. The largest absolute Gasteiger partial charge is 0.465 e. The van der Waals surface area contributed by atoms with Gasteiger partial charge in [0.15, 0.2) is 0 Å². The Bertz CT molecular complexity index is 844. The highest BCUT2D eigenvalue weighted by atomic mass is 16.5. The van der Waals surface area contributed by atoms with Crippen LogP contribution in [0.5, 0.6) is 0 Å². The maximum atomic E-state index is 11.6. The molecule has 2 aliphatic rings. The Morgan fingerprint density at radius 3 is 2.43 bits per heavy atom. The van der Waals surface area contributed by atoms with Crippen LogP contribution >= 0.6 is 0 Å². The van der Waals surface area contributed by atoms with Gasteiger partial charge in [0.05, 0.1) is 12.7 Å². The van der Waals surface area contributed by atoms with E-state index >= 15 is 0 Å². The van der Waals surface area contributed by atoms with Gasteiger partial charge < -0.3 is 9.64 Å². The number of likely N-dealkylation sites (tertiary alicyclic amines) is 1. The first-order valence-electron chi connectivity index (χ1n) is 11.1. The van der Waals surface area contributed by atoms with Crippen molar-refractivity contribution in [3.8, 4) is 0 Å². The number of hydrogen-bond acceptors (Lipinski definition) is 5. The van der Waals surface area contributed by atoms with E-state index in [-0.39, 0.29) is 5.97 Å². The van der Waals surface area contributed by atoms with Gasteiger partial charge in [0.25, 0.3) is 0 Å². The predicted octanol–water partition coefficient (Wildman–Crippen LogP) is 3.57. The Kier molecular flexibility index (Phi) is 6.70. The third kappa shape index (κ3) is 4.85. The molecule has 2 heterocycles. The second-order valence-electron chi connectivity index (χ2n) is 8.53. The minimum Gasteiger partial charge on any atom is -0.465 e. The number of methoxy groups -OCH3 is 1. The third-order valence-corrected chi connectivity index (χ3v) is 6.55. The number of piperidine rings is 1. The van der Waals surface area contributed by atoms with E-state index in [0.29, 0.717) is 11.6 Å². The van der Waals surface area contributed by atoms with Crippen LogP contribution in [0.1, 0.15) is 34.3 Å². The molecule has 0 bridgehead atoms. The Hall–Kier alpha value is -2.37. The van der Waals surface area contributed by atoms with E-state index in [2.05, 4.69) is 58.0 Å². The first kappa shape index (κ1) is 20.9. The zero-order chi connectivity index (χ0) is 20.9. The molecular formula is C25H33N3O2. The van der Waals surface area contributed by atoms with Crippen molar-refractivity contribution in [3.05, 3.63) is 65.2 Å². The maximum Gasteiger partial charge on any atom is 0.337 e. The first-order valence-corrected chi connectivity index (χ1v) is 11.1. The van der Waals surface area contributed by atoms with Crippen LogP contribution in [0.4, 0.5) is 5.69 Å². The highest BCUT2D eigenvalue weighted by Crippen LogP contribution is 2.24. The lowest BCUT2D eigenvalue weighted by Crippen LogP contribution is -2.55. The number of nitrogens with zero attached hydrogens (tertiary/aromatic N) is 3. The first-order chi connectivity index (χ1) is 14.6. The van der Waals surface area contributed by atoms with E-state index < -0.39 is 0 Å². The van der Waals surface area contributed by atoms with E-state index in [9.17, 15) is 4.79 Å². The number of piperazine rings is 1. The summed E-state index contributed by atoms with van der Waals surface area (Å²) < 4.78 is 4.79. The summed E-state index contributed by atoms with van der Waals surface area (Å²) in [7, 11) is 1.42. The Balaban J connectivity index is 1.30. The molecule has 1 atom stereocenters. The van der Waals surface area contributed by atoms with Gasteiger partial charge in [-0.05, 0) is 55.6 Å². The lowest BCUT2D eigenvalue weighted by molar-refractivity contribution is 0.0600. The summed E-state index contributed by atoms with van der Waals surface area (Å²) in [4.78, 5) is 19.4. The molecule has 30 heavy (non-hydrogen) atoms. The van der Waals surface area contributed by atoms with Gasteiger partial charge in [-0.1, -0.05) is 30.3 Å². The molecule has 5 nitrogen and oxygen atoms in total. The average Bonchev–Trinajstić information content (AvgIpc) is 2.80. The minimum atomic E-state index is -0.274. The Morgan fingerprint density at radius 1 is 1.00 bits per heavy atom. The third-order valence-electron chi connectivity index (χ3n) is 6.55. The molecular weight excluding hydrogens is 374 g/mol. The van der Waals surface area contributed by atoms with E-state index in [4.69, 9.17) is 4.74 Å². The molecule has 0 aromatic heterocycles. The molecule has 2 aromatic rings. The summed E-state index contributed by atoms with van der Waals surface area (Å²) >= 11 is 0. The number of carbonyl (C=O) groups is 1. The molecule has 2 aromatic carbocycles. The molecule has 2 saturated heterocycles. The van der Waals surface area contributed by atoms with Crippen LogP contribution in [-0.2, 0) is 11.3 Å². The molecule has 4 rings (SSSR count). The summed E-state index contributed by atoms with van der Waals surface area (Å²) in [6.45, 7) is 9.93. The zero-order valence-electron chi connectivity index (χ0n) is 18.2. The van der Waals surface area contributed by atoms with Gasteiger partial charge >= 0.3 is 5.97 Å². The predicted molar refractivity (Wildman–Crippen MR) is 121 cm³/mol. The maximum absolute atomic E-state index is 11.6. The number of rotatable bonds is 5. The van der Waals surface area contributed by atoms with Gasteiger partial charge in [-0.15, -0.1) is 0 Å². The van der Waals surface area contributed by atoms with E-state index in [1.54, 1.807) is 0 Å².